The van der Waals surface area contributed by atoms with Crippen LogP contribution in [-0.2, 0) is 16.2 Å². The van der Waals surface area contributed by atoms with Crippen molar-refractivity contribution in [1.82, 2.24) is 0 Å². The zero-order valence-electron chi connectivity index (χ0n) is 42.1. The molecule has 15 rings (SSSR count). The Bertz CT molecular complexity index is 4070. The quantitative estimate of drug-likeness (QED) is 0.161. The molecule has 0 bridgehead atoms. The Morgan fingerprint density at radius 1 is 0.243 bits per heavy atom. The largest absolute Gasteiger partial charge is 0.310 e. The molecule has 11 aromatic rings. The Labute approximate surface area is 434 Å². The van der Waals surface area contributed by atoms with Gasteiger partial charge in [-0.05, 0) is 171 Å². The van der Waals surface area contributed by atoms with Crippen molar-refractivity contribution in [3.8, 4) is 77.9 Å². The van der Waals surface area contributed by atoms with E-state index in [0.29, 0.717) is 0 Å². The zero-order chi connectivity index (χ0) is 49.5. The van der Waals surface area contributed by atoms with Gasteiger partial charge in [-0.1, -0.05) is 228 Å². The van der Waals surface area contributed by atoms with E-state index in [-0.39, 0.29) is 10.8 Å². The number of anilines is 3. The van der Waals surface area contributed by atoms with Crippen molar-refractivity contribution in [3.63, 3.8) is 0 Å². The van der Waals surface area contributed by atoms with Crippen LogP contribution in [0, 0.1) is 0 Å². The SMILES string of the molecule is CC1(C)c2ccccc2-c2ccc(N(c3ccc(-c4ccccc4)cc3)c3cc(-c4ccccc4)cc(-c4cc5c(c6c4C(C)(C)c4ccccc4-6)-c4ccccc4C54c5ccccc5-c5ccccc54)c3)cc21. The minimum Gasteiger partial charge on any atom is -0.310 e. The van der Waals surface area contributed by atoms with Crippen LogP contribution in [0.5, 0.6) is 0 Å². The van der Waals surface area contributed by atoms with E-state index in [0.717, 1.165) is 17.1 Å². The van der Waals surface area contributed by atoms with Crippen molar-refractivity contribution >= 4 is 17.1 Å². The summed E-state index contributed by atoms with van der Waals surface area (Å²) in [6.07, 6.45) is 0. The van der Waals surface area contributed by atoms with Crippen LogP contribution in [-0.4, -0.2) is 0 Å². The molecule has 1 nitrogen and oxygen atoms in total. The summed E-state index contributed by atoms with van der Waals surface area (Å²) < 4.78 is 0. The molecule has 0 saturated carbocycles. The number of benzene rings is 11. The van der Waals surface area contributed by atoms with Gasteiger partial charge in [0.25, 0.3) is 0 Å². The molecule has 4 aliphatic carbocycles. The normalized spacial score (nSPS) is 14.8. The molecule has 0 heterocycles. The fourth-order valence-electron chi connectivity index (χ4n) is 14.2. The molecule has 0 N–H and O–H groups in total. The summed E-state index contributed by atoms with van der Waals surface area (Å²) in [6, 6.07) is 94.0. The molecule has 350 valence electrons. The van der Waals surface area contributed by atoms with Gasteiger partial charge in [0.05, 0.1) is 5.41 Å². The highest BCUT2D eigenvalue weighted by molar-refractivity contribution is 6.06. The summed E-state index contributed by atoms with van der Waals surface area (Å²) in [5.74, 6) is 0. The van der Waals surface area contributed by atoms with Crippen molar-refractivity contribution in [2.45, 2.75) is 43.9 Å². The summed E-state index contributed by atoms with van der Waals surface area (Å²) in [4.78, 5) is 2.51. The maximum absolute atomic E-state index is 2.64. The molecule has 0 aromatic heterocycles. The fraction of sp³-hybridized carbons (Fsp3) is 0.0959. The predicted octanol–water partition coefficient (Wildman–Crippen LogP) is 19.1. The predicted molar refractivity (Wildman–Crippen MR) is 309 cm³/mol. The topological polar surface area (TPSA) is 3.24 Å². The number of hydrogen-bond acceptors (Lipinski definition) is 1. The lowest BCUT2D eigenvalue weighted by atomic mass is 9.69. The molecule has 0 amide bonds. The number of hydrogen-bond donors (Lipinski definition) is 0. The van der Waals surface area contributed by atoms with Crippen LogP contribution in [0.25, 0.3) is 77.9 Å². The minimum atomic E-state index is -0.508. The van der Waals surface area contributed by atoms with E-state index in [2.05, 4.69) is 281 Å². The second-order valence-electron chi connectivity index (χ2n) is 21.9. The van der Waals surface area contributed by atoms with E-state index < -0.39 is 5.41 Å². The van der Waals surface area contributed by atoms with Crippen molar-refractivity contribution < 1.29 is 0 Å². The molecular formula is C73H53N. The van der Waals surface area contributed by atoms with Gasteiger partial charge in [-0.3, -0.25) is 0 Å². The highest BCUT2D eigenvalue weighted by Crippen LogP contribution is 2.68. The molecule has 74 heavy (non-hydrogen) atoms. The van der Waals surface area contributed by atoms with Crippen molar-refractivity contribution in [3.05, 3.63) is 293 Å². The van der Waals surface area contributed by atoms with Gasteiger partial charge >= 0.3 is 0 Å². The Morgan fingerprint density at radius 3 is 1.28 bits per heavy atom. The average Bonchev–Trinajstić information content (AvgIpc) is 4.28. The first-order valence-electron chi connectivity index (χ1n) is 26.2. The summed E-state index contributed by atoms with van der Waals surface area (Å²) >= 11 is 0. The second-order valence-corrected chi connectivity index (χ2v) is 21.9. The van der Waals surface area contributed by atoms with Crippen molar-refractivity contribution in [2.24, 2.45) is 0 Å². The van der Waals surface area contributed by atoms with Crippen LogP contribution in [0.4, 0.5) is 17.1 Å². The summed E-state index contributed by atoms with van der Waals surface area (Å²) in [7, 11) is 0. The van der Waals surface area contributed by atoms with Gasteiger partial charge in [-0.2, -0.15) is 0 Å². The second kappa shape index (κ2) is 15.6. The van der Waals surface area contributed by atoms with Gasteiger partial charge in [-0.25, -0.2) is 0 Å². The highest BCUT2D eigenvalue weighted by Gasteiger charge is 2.54. The van der Waals surface area contributed by atoms with Gasteiger partial charge in [0, 0.05) is 27.9 Å². The van der Waals surface area contributed by atoms with Crippen LogP contribution in [0.3, 0.4) is 0 Å². The Balaban J connectivity index is 1.04. The van der Waals surface area contributed by atoms with E-state index in [1.807, 2.05) is 0 Å². The van der Waals surface area contributed by atoms with Crippen LogP contribution >= 0.6 is 0 Å². The molecule has 0 radical (unpaired) electrons. The smallest absolute Gasteiger partial charge is 0.0725 e. The molecule has 1 spiro atoms. The first-order chi connectivity index (χ1) is 36.2. The van der Waals surface area contributed by atoms with E-state index in [9.17, 15) is 0 Å². The van der Waals surface area contributed by atoms with Crippen molar-refractivity contribution in [1.29, 1.82) is 0 Å². The number of fused-ring (bicyclic) bond motifs is 17. The third kappa shape index (κ3) is 5.81. The van der Waals surface area contributed by atoms with E-state index in [1.165, 1.54) is 122 Å². The van der Waals surface area contributed by atoms with E-state index in [4.69, 9.17) is 0 Å². The van der Waals surface area contributed by atoms with Crippen LogP contribution in [0.2, 0.25) is 0 Å². The summed E-state index contributed by atoms with van der Waals surface area (Å²) in [6.45, 7) is 9.68. The molecule has 4 aliphatic rings. The Morgan fingerprint density at radius 2 is 0.676 bits per heavy atom. The Hall–Kier alpha value is -8.78. The number of rotatable bonds is 6. The molecule has 0 fully saturated rings. The summed E-state index contributed by atoms with van der Waals surface area (Å²) in [5.41, 5.74) is 31.2. The highest BCUT2D eigenvalue weighted by atomic mass is 15.1. The van der Waals surface area contributed by atoms with Gasteiger partial charge in [-0.15, -0.1) is 0 Å². The molecule has 0 atom stereocenters. The molecule has 0 saturated heterocycles. The van der Waals surface area contributed by atoms with E-state index in [1.54, 1.807) is 0 Å². The van der Waals surface area contributed by atoms with Crippen LogP contribution in [0.15, 0.2) is 249 Å². The monoisotopic (exact) mass is 943 g/mol. The molecule has 0 aliphatic heterocycles. The third-order valence-electron chi connectivity index (χ3n) is 17.4. The van der Waals surface area contributed by atoms with Gasteiger partial charge in [0.1, 0.15) is 0 Å². The maximum atomic E-state index is 2.64. The number of nitrogens with zero attached hydrogens (tertiary/aromatic N) is 1. The standard InChI is InChI=1S/C73H53N/c1-71(2)61-30-16-11-25-54(61)57-40-39-52(44-66(57)71)74(51-37-35-48(36-38-51)46-21-7-5-8-22-46)53-42-49(47-23-9-6-10-24-47)41-50(43-53)60-45-67-68(69-58-28-14-17-31-62(58)72(3,4)70(60)69)59-29-15-20-34-65(59)73(67)63-32-18-12-26-55(63)56-27-13-19-33-64(56)73/h5-45H,1-4H3. The van der Waals surface area contributed by atoms with Gasteiger partial charge in [0.2, 0.25) is 0 Å². The average molecular weight is 944 g/mol. The molecular weight excluding hydrogens is 891 g/mol. The van der Waals surface area contributed by atoms with E-state index >= 15 is 0 Å². The minimum absolute atomic E-state index is 0.168. The first kappa shape index (κ1) is 42.9. The third-order valence-corrected chi connectivity index (χ3v) is 17.4. The lowest BCUT2D eigenvalue weighted by Crippen LogP contribution is -2.26. The first-order valence-corrected chi connectivity index (χ1v) is 26.2. The molecule has 11 aromatic carbocycles. The van der Waals surface area contributed by atoms with Crippen molar-refractivity contribution in [2.75, 3.05) is 4.90 Å². The molecule has 1 heteroatoms. The van der Waals surface area contributed by atoms with Gasteiger partial charge in [0.15, 0.2) is 0 Å². The van der Waals surface area contributed by atoms with Crippen LogP contribution < -0.4 is 4.90 Å². The molecule has 0 unspecified atom stereocenters. The summed E-state index contributed by atoms with van der Waals surface area (Å²) in [5, 5.41) is 0. The fourth-order valence-corrected chi connectivity index (χ4v) is 14.2. The Kier molecular flexibility index (Phi) is 9.04. The van der Waals surface area contributed by atoms with Gasteiger partial charge < -0.3 is 4.90 Å². The maximum Gasteiger partial charge on any atom is 0.0725 e. The lowest BCUT2D eigenvalue weighted by molar-refractivity contribution is 0.660. The lowest BCUT2D eigenvalue weighted by Gasteiger charge is -2.33. The van der Waals surface area contributed by atoms with Crippen LogP contribution in [0.1, 0.15) is 72.2 Å². The zero-order valence-corrected chi connectivity index (χ0v) is 42.1.